The minimum atomic E-state index is -3.62. The molecule has 0 radical (unpaired) electrons. The molecule has 0 bridgehead atoms. The second kappa shape index (κ2) is 6.60. The van der Waals surface area contributed by atoms with E-state index in [2.05, 4.69) is 0 Å². The summed E-state index contributed by atoms with van der Waals surface area (Å²) in [7, 11) is -2.01. The normalized spacial score (nSPS) is 26.0. The number of rotatable bonds is 4. The van der Waals surface area contributed by atoms with Gasteiger partial charge in [-0.2, -0.15) is 4.31 Å². The van der Waals surface area contributed by atoms with Gasteiger partial charge < -0.3 is 14.2 Å². The number of nitrogens with zero attached hydrogens (tertiary/aromatic N) is 1. The van der Waals surface area contributed by atoms with Crippen molar-refractivity contribution in [1.82, 2.24) is 4.31 Å². The van der Waals surface area contributed by atoms with Gasteiger partial charge in [0.2, 0.25) is 10.0 Å². The van der Waals surface area contributed by atoms with Crippen LogP contribution in [-0.2, 0) is 26.0 Å². The summed E-state index contributed by atoms with van der Waals surface area (Å²) in [6.07, 6.45) is -0.364. The Morgan fingerprint density at radius 2 is 1.85 bits per heavy atom. The van der Waals surface area contributed by atoms with E-state index in [-0.39, 0.29) is 12.6 Å². The van der Waals surface area contributed by atoms with Crippen molar-refractivity contribution in [3.8, 4) is 5.75 Å². The van der Waals surface area contributed by atoms with Crippen molar-refractivity contribution in [3.63, 3.8) is 0 Å². The smallest absolute Gasteiger partial charge is 0.244 e. The number of methoxy groups -OCH3 is 1. The summed E-state index contributed by atoms with van der Waals surface area (Å²) in [5, 5.41) is 0. The lowest BCUT2D eigenvalue weighted by molar-refractivity contribution is -0.144. The Bertz CT molecular complexity index is 939. The fourth-order valence-electron chi connectivity index (χ4n) is 3.74. The lowest BCUT2D eigenvalue weighted by atomic mass is 10.0. The van der Waals surface area contributed by atoms with E-state index < -0.39 is 21.9 Å². The van der Waals surface area contributed by atoms with Gasteiger partial charge in [0.25, 0.3) is 0 Å². The molecule has 7 heteroatoms. The Balaban J connectivity index is 1.73. The van der Waals surface area contributed by atoms with Crippen LogP contribution in [-0.4, -0.2) is 38.3 Å². The van der Waals surface area contributed by atoms with E-state index in [9.17, 15) is 8.42 Å². The third-order valence-corrected chi connectivity index (χ3v) is 6.92. The molecule has 4 rings (SSSR count). The van der Waals surface area contributed by atoms with Crippen LogP contribution in [0.2, 0.25) is 0 Å². The van der Waals surface area contributed by atoms with Crippen LogP contribution in [0, 0.1) is 0 Å². The maximum atomic E-state index is 13.2. The molecule has 0 aromatic heterocycles. The summed E-state index contributed by atoms with van der Waals surface area (Å²) in [6, 6.07) is 14.1. The first-order valence-electron chi connectivity index (χ1n) is 8.87. The summed E-state index contributed by atoms with van der Waals surface area (Å²) in [5.74, 6) is 0.00900. The van der Waals surface area contributed by atoms with Gasteiger partial charge in [-0.1, -0.05) is 30.3 Å². The van der Waals surface area contributed by atoms with E-state index in [0.29, 0.717) is 11.5 Å². The standard InChI is InChI=1S/C20H23NO5S/c1-20(2)25-13-17(26-20)19-16-6-4-5-7-18(16)27(22,23)21(19)12-14-8-10-15(24-3)11-9-14/h4-11,17,19H,12-13H2,1-3H3/t17-,19+/m0/s1. The van der Waals surface area contributed by atoms with Gasteiger partial charge in [-0.25, -0.2) is 8.42 Å². The highest BCUT2D eigenvalue weighted by atomic mass is 32.2. The molecule has 6 nitrogen and oxygen atoms in total. The van der Waals surface area contributed by atoms with Gasteiger partial charge >= 0.3 is 0 Å². The highest BCUT2D eigenvalue weighted by Gasteiger charge is 2.50. The zero-order chi connectivity index (χ0) is 19.2. The van der Waals surface area contributed by atoms with Crippen molar-refractivity contribution in [2.75, 3.05) is 13.7 Å². The molecule has 2 aliphatic rings. The summed E-state index contributed by atoms with van der Waals surface area (Å²) in [6.45, 7) is 4.29. The monoisotopic (exact) mass is 389 g/mol. The molecular formula is C20H23NO5S. The first kappa shape index (κ1) is 18.4. The molecule has 2 heterocycles. The minimum Gasteiger partial charge on any atom is -0.497 e. The largest absolute Gasteiger partial charge is 0.497 e. The lowest BCUT2D eigenvalue weighted by Crippen LogP contribution is -2.36. The molecule has 0 N–H and O–H groups in total. The Morgan fingerprint density at radius 1 is 1.15 bits per heavy atom. The van der Waals surface area contributed by atoms with Gasteiger partial charge in [0.1, 0.15) is 11.9 Å². The topological polar surface area (TPSA) is 65.1 Å². The van der Waals surface area contributed by atoms with E-state index in [1.165, 1.54) is 4.31 Å². The van der Waals surface area contributed by atoms with Crippen LogP contribution in [0.1, 0.15) is 31.0 Å². The molecule has 0 spiro atoms. The number of ether oxygens (including phenoxy) is 3. The van der Waals surface area contributed by atoms with Crippen molar-refractivity contribution in [2.45, 2.75) is 43.2 Å². The average molecular weight is 389 g/mol. The van der Waals surface area contributed by atoms with Gasteiger partial charge in [-0.3, -0.25) is 0 Å². The Morgan fingerprint density at radius 3 is 2.48 bits per heavy atom. The first-order chi connectivity index (χ1) is 12.8. The van der Waals surface area contributed by atoms with Crippen LogP contribution in [0.5, 0.6) is 5.75 Å². The summed E-state index contributed by atoms with van der Waals surface area (Å²) in [4.78, 5) is 0.344. The fourth-order valence-corrected chi connectivity index (χ4v) is 5.60. The van der Waals surface area contributed by atoms with Gasteiger partial charge in [0, 0.05) is 6.54 Å². The number of fused-ring (bicyclic) bond motifs is 1. The summed E-state index contributed by atoms with van der Waals surface area (Å²) < 4.78 is 45.0. The number of benzene rings is 2. The van der Waals surface area contributed by atoms with Crippen molar-refractivity contribution >= 4 is 10.0 Å². The molecule has 0 saturated carbocycles. The third-order valence-electron chi connectivity index (χ3n) is 5.01. The fraction of sp³-hybridized carbons (Fsp3) is 0.400. The molecule has 1 saturated heterocycles. The van der Waals surface area contributed by atoms with Crippen molar-refractivity contribution in [2.24, 2.45) is 0 Å². The molecule has 2 aromatic carbocycles. The van der Waals surface area contributed by atoms with Gasteiger partial charge in [-0.05, 0) is 43.2 Å². The van der Waals surface area contributed by atoms with E-state index in [1.54, 1.807) is 19.2 Å². The SMILES string of the molecule is COc1ccc(CN2[C@@H]([C@@H]3COC(C)(C)O3)c3ccccc3S2(=O)=O)cc1. The molecule has 2 atom stereocenters. The maximum absolute atomic E-state index is 13.2. The maximum Gasteiger partial charge on any atom is 0.244 e. The van der Waals surface area contributed by atoms with Crippen molar-refractivity contribution in [3.05, 3.63) is 59.7 Å². The van der Waals surface area contributed by atoms with Crippen molar-refractivity contribution < 1.29 is 22.6 Å². The van der Waals surface area contributed by atoms with Gasteiger partial charge in [-0.15, -0.1) is 0 Å². The first-order valence-corrected chi connectivity index (χ1v) is 10.3. The van der Waals surface area contributed by atoms with Crippen LogP contribution in [0.25, 0.3) is 0 Å². The molecular weight excluding hydrogens is 366 g/mol. The molecule has 0 amide bonds. The van der Waals surface area contributed by atoms with E-state index >= 15 is 0 Å². The van der Waals surface area contributed by atoms with Crippen molar-refractivity contribution in [1.29, 1.82) is 0 Å². The van der Waals surface area contributed by atoms with E-state index in [0.717, 1.165) is 16.9 Å². The molecule has 27 heavy (non-hydrogen) atoms. The summed E-state index contributed by atoms with van der Waals surface area (Å²) in [5.41, 5.74) is 1.65. The van der Waals surface area contributed by atoms with E-state index in [1.807, 2.05) is 50.2 Å². The predicted molar refractivity (Wildman–Crippen MR) is 99.8 cm³/mol. The molecule has 144 valence electrons. The average Bonchev–Trinajstić information content (AvgIpc) is 3.11. The molecule has 2 aliphatic heterocycles. The molecule has 2 aromatic rings. The second-order valence-corrected chi connectivity index (χ2v) is 9.11. The Labute approximate surface area is 159 Å². The Hall–Kier alpha value is -1.93. The minimum absolute atomic E-state index is 0.256. The predicted octanol–water partition coefficient (Wildman–Crippen LogP) is 3.09. The molecule has 0 unspecified atom stereocenters. The van der Waals surface area contributed by atoms with E-state index in [4.69, 9.17) is 14.2 Å². The van der Waals surface area contributed by atoms with Crippen LogP contribution < -0.4 is 4.74 Å². The quantitative estimate of drug-likeness (QED) is 0.804. The molecule has 0 aliphatic carbocycles. The third kappa shape index (κ3) is 3.25. The van der Waals surface area contributed by atoms with Gasteiger partial charge in [0.15, 0.2) is 5.79 Å². The molecule has 1 fully saturated rings. The highest BCUT2D eigenvalue weighted by molar-refractivity contribution is 7.89. The lowest BCUT2D eigenvalue weighted by Gasteiger charge is -2.28. The van der Waals surface area contributed by atoms with Crippen LogP contribution in [0.4, 0.5) is 0 Å². The number of hydrogen-bond donors (Lipinski definition) is 0. The number of sulfonamides is 1. The van der Waals surface area contributed by atoms with Crippen LogP contribution in [0.15, 0.2) is 53.4 Å². The Kier molecular flexibility index (Phi) is 4.50. The highest BCUT2D eigenvalue weighted by Crippen LogP contribution is 2.45. The van der Waals surface area contributed by atoms with Crippen LogP contribution in [0.3, 0.4) is 0 Å². The summed E-state index contributed by atoms with van der Waals surface area (Å²) >= 11 is 0. The zero-order valence-corrected chi connectivity index (χ0v) is 16.4. The second-order valence-electron chi connectivity index (χ2n) is 7.25. The zero-order valence-electron chi connectivity index (χ0n) is 15.6. The number of hydrogen-bond acceptors (Lipinski definition) is 5. The van der Waals surface area contributed by atoms with Gasteiger partial charge in [0.05, 0.1) is 24.7 Å². The van der Waals surface area contributed by atoms with Crippen LogP contribution >= 0.6 is 0 Å².